The number of rotatable bonds is 10. The zero-order valence-electron chi connectivity index (χ0n) is 17.4. The second-order valence-electron chi connectivity index (χ2n) is 6.41. The van der Waals surface area contributed by atoms with Gasteiger partial charge in [-0.3, -0.25) is 4.79 Å². The van der Waals surface area contributed by atoms with Gasteiger partial charge in [0.1, 0.15) is 5.75 Å². The molecule has 0 radical (unpaired) electrons. The van der Waals surface area contributed by atoms with Crippen molar-refractivity contribution in [2.75, 3.05) is 26.2 Å². The standard InChI is InChI=1S/C21H27NO2.C2H2O4/c1-3-22(4-2)16-8-9-17-24-20-14-12-19(13-15-20)21(23)18-10-6-5-7-11-18;3-1(4)2(5)6/h5-7,10-15H,3-4,8-9,16-17H2,1-2H3;(H,3,4)(H,5,6). The molecule has 0 heterocycles. The Morgan fingerprint density at radius 3 is 1.83 bits per heavy atom. The van der Waals surface area contributed by atoms with Gasteiger partial charge in [0.25, 0.3) is 0 Å². The lowest BCUT2D eigenvalue weighted by molar-refractivity contribution is -0.159. The van der Waals surface area contributed by atoms with Crippen LogP contribution in [0.25, 0.3) is 0 Å². The molecule has 0 aliphatic rings. The summed E-state index contributed by atoms with van der Waals surface area (Å²) in [5.74, 6) is -2.78. The number of ether oxygens (including phenoxy) is 1. The summed E-state index contributed by atoms with van der Waals surface area (Å²) in [4.78, 5) is 33.0. The van der Waals surface area contributed by atoms with E-state index in [0.717, 1.165) is 38.2 Å². The van der Waals surface area contributed by atoms with E-state index in [2.05, 4.69) is 18.7 Å². The molecular weight excluding hydrogens is 386 g/mol. The van der Waals surface area contributed by atoms with Crippen LogP contribution >= 0.6 is 0 Å². The van der Waals surface area contributed by atoms with E-state index >= 15 is 0 Å². The van der Waals surface area contributed by atoms with Crippen molar-refractivity contribution in [1.29, 1.82) is 0 Å². The lowest BCUT2D eigenvalue weighted by Gasteiger charge is -2.17. The highest BCUT2D eigenvalue weighted by Crippen LogP contribution is 2.16. The third kappa shape index (κ3) is 9.34. The van der Waals surface area contributed by atoms with E-state index in [0.29, 0.717) is 17.7 Å². The van der Waals surface area contributed by atoms with Crippen molar-refractivity contribution >= 4 is 17.7 Å². The molecule has 7 nitrogen and oxygen atoms in total. The summed E-state index contributed by atoms with van der Waals surface area (Å²) in [6.07, 6.45) is 2.19. The number of carboxylic acids is 2. The van der Waals surface area contributed by atoms with Crippen molar-refractivity contribution < 1.29 is 29.3 Å². The van der Waals surface area contributed by atoms with E-state index in [-0.39, 0.29) is 5.78 Å². The molecule has 0 aliphatic carbocycles. The Morgan fingerprint density at radius 1 is 0.800 bits per heavy atom. The van der Waals surface area contributed by atoms with Crippen molar-refractivity contribution in [3.63, 3.8) is 0 Å². The first-order chi connectivity index (χ1) is 14.4. The highest BCUT2D eigenvalue weighted by atomic mass is 16.5. The molecule has 2 aromatic rings. The molecule has 0 atom stereocenters. The van der Waals surface area contributed by atoms with Crippen molar-refractivity contribution in [1.82, 2.24) is 4.90 Å². The second-order valence-corrected chi connectivity index (χ2v) is 6.41. The molecule has 30 heavy (non-hydrogen) atoms. The quantitative estimate of drug-likeness (QED) is 0.347. The molecular formula is C23H29NO6. The highest BCUT2D eigenvalue weighted by molar-refractivity contribution is 6.27. The van der Waals surface area contributed by atoms with Gasteiger partial charge in [-0.15, -0.1) is 0 Å². The second kappa shape index (κ2) is 13.9. The lowest BCUT2D eigenvalue weighted by Crippen LogP contribution is -2.24. The molecule has 0 saturated carbocycles. The number of hydrogen-bond donors (Lipinski definition) is 2. The monoisotopic (exact) mass is 415 g/mol. The highest BCUT2D eigenvalue weighted by Gasteiger charge is 2.08. The van der Waals surface area contributed by atoms with Gasteiger partial charge in [0, 0.05) is 11.1 Å². The molecule has 0 bridgehead atoms. The van der Waals surface area contributed by atoms with Crippen LogP contribution in [0.5, 0.6) is 5.75 Å². The summed E-state index contributed by atoms with van der Waals surface area (Å²) in [6, 6.07) is 16.8. The van der Waals surface area contributed by atoms with Crippen LogP contribution in [0.3, 0.4) is 0 Å². The maximum Gasteiger partial charge on any atom is 0.414 e. The van der Waals surface area contributed by atoms with Crippen molar-refractivity contribution in [3.8, 4) is 5.75 Å². The van der Waals surface area contributed by atoms with Gasteiger partial charge in [-0.2, -0.15) is 0 Å². The molecule has 0 aliphatic heterocycles. The molecule has 2 aromatic carbocycles. The third-order valence-corrected chi connectivity index (χ3v) is 4.37. The number of unbranched alkanes of at least 4 members (excludes halogenated alkanes) is 1. The largest absolute Gasteiger partial charge is 0.494 e. The molecule has 0 amide bonds. The molecule has 162 valence electrons. The lowest BCUT2D eigenvalue weighted by atomic mass is 10.0. The smallest absolute Gasteiger partial charge is 0.414 e. The summed E-state index contributed by atoms with van der Waals surface area (Å²) in [5.41, 5.74) is 1.40. The third-order valence-electron chi connectivity index (χ3n) is 4.37. The molecule has 2 N–H and O–H groups in total. The van der Waals surface area contributed by atoms with E-state index in [1.165, 1.54) is 0 Å². The van der Waals surface area contributed by atoms with Crippen LogP contribution in [-0.4, -0.2) is 59.1 Å². The fourth-order valence-corrected chi connectivity index (χ4v) is 2.63. The maximum atomic E-state index is 12.3. The summed E-state index contributed by atoms with van der Waals surface area (Å²) in [7, 11) is 0. The maximum absolute atomic E-state index is 12.3. The normalized spacial score (nSPS) is 10.1. The summed E-state index contributed by atoms with van der Waals surface area (Å²) in [5, 5.41) is 14.8. The van der Waals surface area contributed by atoms with Gasteiger partial charge in [-0.05, 0) is 56.7 Å². The van der Waals surface area contributed by atoms with Crippen molar-refractivity contribution in [2.45, 2.75) is 26.7 Å². The van der Waals surface area contributed by atoms with Gasteiger partial charge < -0.3 is 19.8 Å². The summed E-state index contributed by atoms with van der Waals surface area (Å²) in [6.45, 7) is 8.44. The first-order valence-corrected chi connectivity index (χ1v) is 9.90. The number of benzene rings is 2. The number of aliphatic carboxylic acids is 2. The van der Waals surface area contributed by atoms with Crippen LogP contribution < -0.4 is 4.74 Å². The van der Waals surface area contributed by atoms with Crippen molar-refractivity contribution in [2.24, 2.45) is 0 Å². The number of carbonyl (C=O) groups excluding carboxylic acids is 1. The molecule has 0 spiro atoms. The minimum Gasteiger partial charge on any atom is -0.494 e. The number of carboxylic acid groups (broad SMARTS) is 2. The average molecular weight is 415 g/mol. The fourth-order valence-electron chi connectivity index (χ4n) is 2.63. The topological polar surface area (TPSA) is 104 Å². The summed E-state index contributed by atoms with van der Waals surface area (Å²) < 4.78 is 5.77. The molecule has 0 unspecified atom stereocenters. The van der Waals surface area contributed by atoms with E-state index < -0.39 is 11.9 Å². The Balaban J connectivity index is 0.000000656. The number of nitrogens with zero attached hydrogens (tertiary/aromatic N) is 1. The Bertz CT molecular complexity index is 773. The predicted octanol–water partition coefficient (Wildman–Crippen LogP) is 3.57. The predicted molar refractivity (Wildman–Crippen MR) is 114 cm³/mol. The number of hydrogen-bond acceptors (Lipinski definition) is 5. The fraction of sp³-hybridized carbons (Fsp3) is 0.348. The van der Waals surface area contributed by atoms with Gasteiger partial charge >= 0.3 is 11.9 Å². The summed E-state index contributed by atoms with van der Waals surface area (Å²) >= 11 is 0. The molecule has 0 aromatic heterocycles. The van der Waals surface area contributed by atoms with Gasteiger partial charge in [0.05, 0.1) is 6.61 Å². The van der Waals surface area contributed by atoms with Crippen LogP contribution in [0.1, 0.15) is 42.6 Å². The molecule has 0 saturated heterocycles. The van der Waals surface area contributed by atoms with Gasteiger partial charge in [-0.25, -0.2) is 9.59 Å². The van der Waals surface area contributed by atoms with Crippen LogP contribution in [0.15, 0.2) is 54.6 Å². The first-order valence-electron chi connectivity index (χ1n) is 9.90. The Kier molecular flexibility index (Phi) is 11.5. The van der Waals surface area contributed by atoms with Crippen LogP contribution in [0.2, 0.25) is 0 Å². The minimum absolute atomic E-state index is 0.0429. The molecule has 0 fully saturated rings. The Labute approximate surface area is 176 Å². The van der Waals surface area contributed by atoms with Gasteiger partial charge in [0.15, 0.2) is 5.78 Å². The number of carbonyl (C=O) groups is 3. The number of ketones is 1. The van der Waals surface area contributed by atoms with E-state index in [9.17, 15) is 4.79 Å². The zero-order chi connectivity index (χ0) is 22.4. The van der Waals surface area contributed by atoms with Crippen LogP contribution in [0.4, 0.5) is 0 Å². The average Bonchev–Trinajstić information content (AvgIpc) is 2.77. The minimum atomic E-state index is -1.82. The van der Waals surface area contributed by atoms with Crippen molar-refractivity contribution in [3.05, 3.63) is 65.7 Å². The van der Waals surface area contributed by atoms with Gasteiger partial charge in [-0.1, -0.05) is 44.2 Å². The Hall–Kier alpha value is -3.19. The SMILES string of the molecule is CCN(CC)CCCCOc1ccc(C(=O)c2ccccc2)cc1.O=C(O)C(=O)O. The van der Waals surface area contributed by atoms with Crippen LogP contribution in [-0.2, 0) is 9.59 Å². The van der Waals surface area contributed by atoms with E-state index in [1.807, 2.05) is 54.6 Å². The molecule has 7 heteroatoms. The molecule has 2 rings (SSSR count). The van der Waals surface area contributed by atoms with Gasteiger partial charge in [0.2, 0.25) is 0 Å². The zero-order valence-corrected chi connectivity index (χ0v) is 17.4. The first kappa shape index (κ1) is 24.8. The van der Waals surface area contributed by atoms with Crippen LogP contribution in [0, 0.1) is 0 Å². The van der Waals surface area contributed by atoms with E-state index in [4.69, 9.17) is 24.5 Å². The Morgan fingerprint density at radius 2 is 1.33 bits per heavy atom. The van der Waals surface area contributed by atoms with E-state index in [1.54, 1.807) is 0 Å².